The zero-order valence-electron chi connectivity index (χ0n) is 20.4. The van der Waals surface area contributed by atoms with Crippen LogP contribution in [0.4, 0.5) is 11.4 Å². The molecule has 3 aromatic carbocycles. The van der Waals surface area contributed by atoms with Gasteiger partial charge in [-0.05, 0) is 77.3 Å². The summed E-state index contributed by atoms with van der Waals surface area (Å²) in [7, 11) is -3.87. The molecule has 5 rings (SSSR count). The number of benzene rings is 3. The average Bonchev–Trinajstić information content (AvgIpc) is 3.39. The number of amides is 2. The molecule has 2 heterocycles. The number of thioether (sulfide) groups is 1. The van der Waals surface area contributed by atoms with Crippen LogP contribution in [0.1, 0.15) is 23.6 Å². The predicted octanol–water partition coefficient (Wildman–Crippen LogP) is 3.90. The van der Waals surface area contributed by atoms with Crippen molar-refractivity contribution in [2.45, 2.75) is 20.0 Å². The highest BCUT2D eigenvalue weighted by atomic mass is 32.2. The minimum Gasteiger partial charge on any atom is -0.489 e. The Bertz CT molecular complexity index is 1530. The Hall–Kier alpha value is -4.09. The van der Waals surface area contributed by atoms with Gasteiger partial charge in [-0.15, -0.1) is 0 Å². The normalized spacial score (nSPS) is 18.6. The van der Waals surface area contributed by atoms with Crippen LogP contribution in [0.25, 0.3) is 6.08 Å². The summed E-state index contributed by atoms with van der Waals surface area (Å²) in [5.74, 6) is -0.102. The van der Waals surface area contributed by atoms with E-state index in [-0.39, 0.29) is 12.5 Å². The molecule has 0 atom stereocenters. The summed E-state index contributed by atoms with van der Waals surface area (Å²) in [4.78, 5) is 28.8. The quantitative estimate of drug-likeness (QED) is 0.433. The van der Waals surface area contributed by atoms with Gasteiger partial charge < -0.3 is 10.1 Å². The Kier molecular flexibility index (Phi) is 7.21. The molecule has 0 saturated carbocycles. The maximum Gasteiger partial charge on any atom is 0.326 e. The Morgan fingerprint density at radius 2 is 1.66 bits per heavy atom. The SMILES string of the molecule is CCc1ccc(COc2ccc(C=C3SC(=Nc4ccc(N5CC(=O)NS5(=O)=O)cc4)NC3=O)cc2)cc1. The van der Waals surface area contributed by atoms with E-state index in [0.29, 0.717) is 28.1 Å². The Morgan fingerprint density at radius 3 is 2.29 bits per heavy atom. The van der Waals surface area contributed by atoms with Crippen LogP contribution in [-0.2, 0) is 32.8 Å². The van der Waals surface area contributed by atoms with E-state index in [1.165, 1.54) is 17.3 Å². The van der Waals surface area contributed by atoms with Crippen LogP contribution in [0.5, 0.6) is 5.75 Å². The van der Waals surface area contributed by atoms with Crippen LogP contribution in [-0.4, -0.2) is 31.9 Å². The van der Waals surface area contributed by atoms with Gasteiger partial charge in [0.15, 0.2) is 5.17 Å². The third-order valence-electron chi connectivity index (χ3n) is 5.85. The van der Waals surface area contributed by atoms with Crippen LogP contribution in [0.2, 0.25) is 0 Å². The standard InChI is InChI=1S/C27H24N4O5S2/c1-2-18-3-5-20(6-4-18)17-36-23-13-7-19(8-14-23)15-24-26(33)29-27(37-24)28-21-9-11-22(12-10-21)31-16-25(32)30-38(31,34)35/h3-15H,2,16-17H2,1H3,(H,30,32)(H,28,29,33). The van der Waals surface area contributed by atoms with Gasteiger partial charge in [-0.2, -0.15) is 8.42 Å². The summed E-state index contributed by atoms with van der Waals surface area (Å²) in [5.41, 5.74) is 4.11. The van der Waals surface area contributed by atoms with Gasteiger partial charge in [0.1, 0.15) is 18.9 Å². The molecule has 0 radical (unpaired) electrons. The summed E-state index contributed by atoms with van der Waals surface area (Å²) in [6.07, 6.45) is 2.78. The van der Waals surface area contributed by atoms with Crippen molar-refractivity contribution in [2.75, 3.05) is 10.8 Å². The van der Waals surface area contributed by atoms with Crippen LogP contribution in [0.15, 0.2) is 82.7 Å². The van der Waals surface area contributed by atoms with E-state index in [1.807, 2.05) is 29.0 Å². The number of anilines is 1. The van der Waals surface area contributed by atoms with Crippen molar-refractivity contribution in [2.24, 2.45) is 4.99 Å². The lowest BCUT2D eigenvalue weighted by Crippen LogP contribution is -2.29. The number of aryl methyl sites for hydroxylation is 1. The molecule has 0 bridgehead atoms. The molecule has 0 aromatic heterocycles. The third-order valence-corrected chi connectivity index (χ3v) is 8.17. The summed E-state index contributed by atoms with van der Waals surface area (Å²) in [5, 5.41) is 3.15. The summed E-state index contributed by atoms with van der Waals surface area (Å²) < 4.78 is 32.8. The fraction of sp³-hybridized carbons (Fsp3) is 0.148. The molecule has 0 spiro atoms. The van der Waals surface area contributed by atoms with Crippen LogP contribution < -0.4 is 19.1 Å². The number of nitrogens with zero attached hydrogens (tertiary/aromatic N) is 2. The van der Waals surface area contributed by atoms with Crippen molar-refractivity contribution in [3.63, 3.8) is 0 Å². The first-order valence-electron chi connectivity index (χ1n) is 11.8. The second-order valence-corrected chi connectivity index (χ2v) is 11.2. The lowest BCUT2D eigenvalue weighted by atomic mass is 10.1. The average molecular weight is 549 g/mol. The molecule has 2 aliphatic heterocycles. The van der Waals surface area contributed by atoms with E-state index in [0.717, 1.165) is 27.6 Å². The van der Waals surface area contributed by atoms with Gasteiger partial charge in [-0.25, -0.2) is 14.0 Å². The summed E-state index contributed by atoms with van der Waals surface area (Å²) in [6.45, 7) is 2.33. The summed E-state index contributed by atoms with van der Waals surface area (Å²) >= 11 is 1.21. The van der Waals surface area contributed by atoms with Crippen LogP contribution >= 0.6 is 11.8 Å². The van der Waals surface area contributed by atoms with Crippen molar-refractivity contribution in [3.05, 3.63) is 94.4 Å². The van der Waals surface area contributed by atoms with Gasteiger partial charge in [-0.1, -0.05) is 43.3 Å². The van der Waals surface area contributed by atoms with Gasteiger partial charge in [0.25, 0.3) is 11.8 Å². The smallest absolute Gasteiger partial charge is 0.326 e. The largest absolute Gasteiger partial charge is 0.489 e. The van der Waals surface area contributed by atoms with Crippen molar-refractivity contribution in [3.8, 4) is 5.75 Å². The van der Waals surface area contributed by atoms with E-state index >= 15 is 0 Å². The van der Waals surface area contributed by atoms with Gasteiger partial charge in [0, 0.05) is 0 Å². The summed E-state index contributed by atoms with van der Waals surface area (Å²) in [6, 6.07) is 22.2. The molecule has 38 heavy (non-hydrogen) atoms. The highest BCUT2D eigenvalue weighted by Gasteiger charge is 2.33. The van der Waals surface area contributed by atoms with Crippen molar-refractivity contribution >= 4 is 56.4 Å². The Morgan fingerprint density at radius 1 is 0.974 bits per heavy atom. The maximum absolute atomic E-state index is 12.5. The Balaban J connectivity index is 1.20. The monoisotopic (exact) mass is 548 g/mol. The van der Waals surface area contributed by atoms with Crippen LogP contribution in [0, 0.1) is 0 Å². The molecule has 0 aliphatic carbocycles. The van der Waals surface area contributed by atoms with E-state index in [9.17, 15) is 18.0 Å². The highest BCUT2D eigenvalue weighted by Crippen LogP contribution is 2.30. The molecule has 194 valence electrons. The zero-order valence-corrected chi connectivity index (χ0v) is 22.0. The fourth-order valence-corrected chi connectivity index (χ4v) is 5.81. The van der Waals surface area contributed by atoms with Gasteiger partial charge in [0.2, 0.25) is 0 Å². The highest BCUT2D eigenvalue weighted by molar-refractivity contribution is 8.18. The number of hydrogen-bond donors (Lipinski definition) is 2. The number of aliphatic imine (C=N–C) groups is 1. The first-order chi connectivity index (χ1) is 18.3. The third kappa shape index (κ3) is 5.90. The number of hydrogen-bond acceptors (Lipinski definition) is 7. The number of amidine groups is 1. The second kappa shape index (κ2) is 10.7. The van der Waals surface area contributed by atoms with E-state index < -0.39 is 16.1 Å². The minimum absolute atomic E-state index is 0.256. The molecule has 2 N–H and O–H groups in total. The molecule has 0 unspecified atom stereocenters. The molecular formula is C27H24N4O5S2. The minimum atomic E-state index is -3.87. The van der Waals surface area contributed by atoms with E-state index in [1.54, 1.807) is 30.3 Å². The Labute approximate surface area is 224 Å². The molecule has 9 nitrogen and oxygen atoms in total. The van der Waals surface area contributed by atoms with Crippen LogP contribution in [0.3, 0.4) is 0 Å². The van der Waals surface area contributed by atoms with Gasteiger partial charge in [-0.3, -0.25) is 9.59 Å². The first kappa shape index (κ1) is 25.6. The zero-order chi connectivity index (χ0) is 26.7. The van der Waals surface area contributed by atoms with E-state index in [2.05, 4.69) is 41.5 Å². The molecule has 2 aliphatic rings. The molecule has 11 heteroatoms. The molecule has 3 aromatic rings. The lowest BCUT2D eigenvalue weighted by Gasteiger charge is -2.14. The number of carbonyl (C=O) groups is 2. The number of nitrogens with one attached hydrogen (secondary N) is 2. The van der Waals surface area contributed by atoms with Gasteiger partial charge >= 0.3 is 10.2 Å². The molecule has 2 fully saturated rings. The first-order valence-corrected chi connectivity index (χ1v) is 14.1. The number of rotatable bonds is 7. The predicted molar refractivity (Wildman–Crippen MR) is 148 cm³/mol. The van der Waals surface area contributed by atoms with Gasteiger partial charge in [0.05, 0.1) is 16.3 Å². The molecule has 2 saturated heterocycles. The van der Waals surface area contributed by atoms with Crippen molar-refractivity contribution in [1.82, 2.24) is 10.0 Å². The molecule has 2 amide bonds. The van der Waals surface area contributed by atoms with E-state index in [4.69, 9.17) is 4.74 Å². The topological polar surface area (TPSA) is 117 Å². The number of ether oxygens (including phenoxy) is 1. The van der Waals surface area contributed by atoms with Crippen molar-refractivity contribution in [1.29, 1.82) is 0 Å². The lowest BCUT2D eigenvalue weighted by molar-refractivity contribution is -0.117. The molecular weight excluding hydrogens is 524 g/mol. The van der Waals surface area contributed by atoms with Crippen molar-refractivity contribution < 1.29 is 22.7 Å². The number of carbonyl (C=O) groups excluding carboxylic acids is 2. The fourth-order valence-electron chi connectivity index (χ4n) is 3.82. The second-order valence-electron chi connectivity index (χ2n) is 8.56. The maximum atomic E-state index is 12.5.